The summed E-state index contributed by atoms with van der Waals surface area (Å²) in [5.74, 6) is 1.47. The molecule has 0 aromatic carbocycles. The molecule has 0 aromatic rings. The summed E-state index contributed by atoms with van der Waals surface area (Å²) in [6.07, 6.45) is 2.92. The molecule has 3 nitrogen and oxygen atoms in total. The molecule has 0 aromatic heterocycles. The monoisotopic (exact) mass is 211 g/mol. The molecule has 1 rings (SSSR count). The average molecular weight is 211 g/mol. The molecule has 1 fully saturated rings. The summed E-state index contributed by atoms with van der Waals surface area (Å²) in [5.41, 5.74) is 6.27. The molecule has 2 N–H and O–H groups in total. The van der Waals surface area contributed by atoms with Crippen molar-refractivity contribution in [1.29, 1.82) is 0 Å². The molecule has 1 saturated heterocycles. The Hall–Kier alpha value is -0.800. The van der Waals surface area contributed by atoms with Crippen LogP contribution in [0.3, 0.4) is 0 Å². The Bertz CT molecular complexity index is 261. The van der Waals surface area contributed by atoms with E-state index in [4.69, 9.17) is 15.2 Å². The second-order valence-corrected chi connectivity index (χ2v) is 4.18. The first-order chi connectivity index (χ1) is 7.05. The van der Waals surface area contributed by atoms with Crippen LogP contribution in [0.2, 0.25) is 0 Å². The minimum atomic E-state index is -0.0991. The third-order valence-electron chi connectivity index (χ3n) is 3.03. The maximum absolute atomic E-state index is 6.21. The number of rotatable bonds is 5. The molecule has 0 bridgehead atoms. The highest BCUT2D eigenvalue weighted by molar-refractivity contribution is 5.12. The van der Waals surface area contributed by atoms with Crippen molar-refractivity contribution in [3.8, 4) is 0 Å². The first kappa shape index (κ1) is 12.3. The Labute approximate surface area is 91.9 Å². The molecule has 1 atom stereocenters. The van der Waals surface area contributed by atoms with E-state index >= 15 is 0 Å². The number of nitrogens with two attached hydrogens (primary N) is 1. The number of hydrogen-bond donors (Lipinski definition) is 1. The molecule has 1 aliphatic rings. The molecular weight excluding hydrogens is 190 g/mol. The lowest BCUT2D eigenvalue weighted by molar-refractivity contribution is -0.127. The van der Waals surface area contributed by atoms with E-state index in [1.165, 1.54) is 0 Å². The van der Waals surface area contributed by atoms with Crippen molar-refractivity contribution in [2.24, 2.45) is 11.1 Å². The van der Waals surface area contributed by atoms with Crippen molar-refractivity contribution in [2.45, 2.75) is 33.2 Å². The number of hydrogen-bond acceptors (Lipinski definition) is 3. The van der Waals surface area contributed by atoms with Gasteiger partial charge in [-0.05, 0) is 26.3 Å². The van der Waals surface area contributed by atoms with Crippen molar-refractivity contribution in [3.63, 3.8) is 0 Å². The standard InChI is InChI=1S/C12H21NO2/c1-5-10(15-9(3)4)11(13)12(6-2)7-14-8-12/h5,11H,3,6-8,13H2,1-2,4H3/b10-5-. The molecule has 0 radical (unpaired) electrons. The van der Waals surface area contributed by atoms with Gasteiger partial charge in [0.2, 0.25) is 0 Å². The molecule has 1 aliphatic heterocycles. The van der Waals surface area contributed by atoms with Crippen LogP contribution in [0.25, 0.3) is 0 Å². The summed E-state index contributed by atoms with van der Waals surface area (Å²) >= 11 is 0. The van der Waals surface area contributed by atoms with Gasteiger partial charge in [-0.25, -0.2) is 0 Å². The van der Waals surface area contributed by atoms with Crippen LogP contribution in [0.15, 0.2) is 24.2 Å². The van der Waals surface area contributed by atoms with Crippen molar-refractivity contribution < 1.29 is 9.47 Å². The van der Waals surface area contributed by atoms with Crippen molar-refractivity contribution in [1.82, 2.24) is 0 Å². The van der Waals surface area contributed by atoms with E-state index < -0.39 is 0 Å². The molecular formula is C12H21NO2. The van der Waals surface area contributed by atoms with E-state index in [-0.39, 0.29) is 11.5 Å². The van der Waals surface area contributed by atoms with Crippen LogP contribution in [0.4, 0.5) is 0 Å². The van der Waals surface area contributed by atoms with Gasteiger partial charge in [0.05, 0.1) is 25.0 Å². The van der Waals surface area contributed by atoms with Gasteiger partial charge in [-0.3, -0.25) is 0 Å². The Morgan fingerprint density at radius 1 is 1.67 bits per heavy atom. The van der Waals surface area contributed by atoms with Crippen LogP contribution in [0.1, 0.15) is 27.2 Å². The zero-order valence-corrected chi connectivity index (χ0v) is 9.88. The molecule has 1 unspecified atom stereocenters. The molecule has 15 heavy (non-hydrogen) atoms. The first-order valence-electron chi connectivity index (χ1n) is 5.38. The van der Waals surface area contributed by atoms with Crippen LogP contribution >= 0.6 is 0 Å². The van der Waals surface area contributed by atoms with Gasteiger partial charge < -0.3 is 15.2 Å². The Kier molecular flexibility index (Phi) is 3.94. The highest BCUT2D eigenvalue weighted by atomic mass is 16.5. The second kappa shape index (κ2) is 4.81. The number of ether oxygens (including phenoxy) is 2. The van der Waals surface area contributed by atoms with Crippen molar-refractivity contribution in [3.05, 3.63) is 24.2 Å². The van der Waals surface area contributed by atoms with E-state index in [9.17, 15) is 0 Å². The van der Waals surface area contributed by atoms with Gasteiger partial charge >= 0.3 is 0 Å². The smallest absolute Gasteiger partial charge is 0.117 e. The SMILES string of the molecule is C=C(C)O/C(=C\C)C(N)C1(CC)COC1. The summed E-state index contributed by atoms with van der Waals surface area (Å²) in [5, 5.41) is 0. The largest absolute Gasteiger partial charge is 0.466 e. The number of allylic oxidation sites excluding steroid dienone is 2. The van der Waals surface area contributed by atoms with Gasteiger partial charge in [-0.2, -0.15) is 0 Å². The maximum Gasteiger partial charge on any atom is 0.117 e. The van der Waals surface area contributed by atoms with E-state index in [1.807, 2.05) is 19.9 Å². The zero-order chi connectivity index (χ0) is 11.5. The Balaban J connectivity index is 2.72. The topological polar surface area (TPSA) is 44.5 Å². The van der Waals surface area contributed by atoms with Gasteiger partial charge in [0, 0.05) is 5.41 Å². The third kappa shape index (κ3) is 2.41. The molecule has 0 aliphatic carbocycles. The maximum atomic E-state index is 6.21. The average Bonchev–Trinajstić information content (AvgIpc) is 2.12. The fraction of sp³-hybridized carbons (Fsp3) is 0.667. The summed E-state index contributed by atoms with van der Waals surface area (Å²) in [6.45, 7) is 11.1. The highest BCUT2D eigenvalue weighted by Gasteiger charge is 2.44. The lowest BCUT2D eigenvalue weighted by atomic mass is 9.75. The van der Waals surface area contributed by atoms with Gasteiger partial charge in [0.25, 0.3) is 0 Å². The van der Waals surface area contributed by atoms with Gasteiger partial charge in [0.15, 0.2) is 0 Å². The minimum Gasteiger partial charge on any atom is -0.466 e. The predicted molar refractivity (Wildman–Crippen MR) is 61.2 cm³/mol. The summed E-state index contributed by atoms with van der Waals surface area (Å²) in [7, 11) is 0. The third-order valence-corrected chi connectivity index (χ3v) is 3.03. The summed E-state index contributed by atoms with van der Waals surface area (Å²) in [4.78, 5) is 0. The van der Waals surface area contributed by atoms with E-state index in [1.54, 1.807) is 0 Å². The van der Waals surface area contributed by atoms with Crippen molar-refractivity contribution in [2.75, 3.05) is 13.2 Å². The minimum absolute atomic E-state index is 0.0529. The van der Waals surface area contributed by atoms with Crippen LogP contribution < -0.4 is 5.73 Å². The van der Waals surface area contributed by atoms with Gasteiger partial charge in [-0.15, -0.1) is 0 Å². The molecule has 0 spiro atoms. The van der Waals surface area contributed by atoms with E-state index in [2.05, 4.69) is 13.5 Å². The fourth-order valence-corrected chi connectivity index (χ4v) is 1.77. The molecule has 86 valence electrons. The van der Waals surface area contributed by atoms with Crippen LogP contribution in [-0.2, 0) is 9.47 Å². The summed E-state index contributed by atoms with van der Waals surface area (Å²) < 4.78 is 10.8. The van der Waals surface area contributed by atoms with E-state index in [0.717, 1.165) is 25.4 Å². The fourth-order valence-electron chi connectivity index (χ4n) is 1.77. The summed E-state index contributed by atoms with van der Waals surface area (Å²) in [6, 6.07) is -0.0991. The lowest BCUT2D eigenvalue weighted by Gasteiger charge is -2.45. The second-order valence-electron chi connectivity index (χ2n) is 4.18. The van der Waals surface area contributed by atoms with Gasteiger partial charge in [-0.1, -0.05) is 13.5 Å². The van der Waals surface area contributed by atoms with Crippen LogP contribution in [-0.4, -0.2) is 19.3 Å². The van der Waals surface area contributed by atoms with Gasteiger partial charge in [0.1, 0.15) is 5.76 Å². The Morgan fingerprint density at radius 3 is 2.53 bits per heavy atom. The van der Waals surface area contributed by atoms with E-state index in [0.29, 0.717) is 5.76 Å². The van der Waals surface area contributed by atoms with Crippen LogP contribution in [0, 0.1) is 5.41 Å². The highest BCUT2D eigenvalue weighted by Crippen LogP contribution is 2.37. The lowest BCUT2D eigenvalue weighted by Crippen LogP contribution is -2.55. The van der Waals surface area contributed by atoms with Crippen molar-refractivity contribution >= 4 is 0 Å². The molecule has 0 amide bonds. The molecule has 1 heterocycles. The zero-order valence-electron chi connectivity index (χ0n) is 9.88. The Morgan fingerprint density at radius 2 is 2.27 bits per heavy atom. The quantitative estimate of drug-likeness (QED) is 0.709. The molecule has 0 saturated carbocycles. The predicted octanol–water partition coefficient (Wildman–Crippen LogP) is 2.19. The first-order valence-corrected chi connectivity index (χ1v) is 5.38. The van der Waals surface area contributed by atoms with Crippen LogP contribution in [0.5, 0.6) is 0 Å². The molecule has 3 heteroatoms. The normalized spacial score (nSPS) is 21.7.